The van der Waals surface area contributed by atoms with Crippen LogP contribution in [0.25, 0.3) is 0 Å². The molecular formula is C14H13NO3S3. The van der Waals surface area contributed by atoms with Crippen LogP contribution in [0.2, 0.25) is 0 Å². The third-order valence-electron chi connectivity index (χ3n) is 3.51. The standard InChI is InChI=1S/C14H13NO3S3/c1-18-10-3-2-7(4-9(10)17)11-8(5-16)6-20-13-12(11)21-14(19)15-13/h2-5,8,11,17H,6H2,1H3,(H,15,19). The van der Waals surface area contributed by atoms with E-state index in [0.717, 1.165) is 21.8 Å². The number of carbonyl (C=O) groups is 1. The number of benzene rings is 1. The zero-order valence-electron chi connectivity index (χ0n) is 11.2. The lowest BCUT2D eigenvalue weighted by atomic mass is 9.86. The summed E-state index contributed by atoms with van der Waals surface area (Å²) >= 11 is 8.33. The fourth-order valence-corrected chi connectivity index (χ4v) is 5.34. The van der Waals surface area contributed by atoms with Crippen LogP contribution >= 0.6 is 35.3 Å². The summed E-state index contributed by atoms with van der Waals surface area (Å²) in [5.74, 6) is 1.01. The van der Waals surface area contributed by atoms with Gasteiger partial charge in [-0.15, -0.1) is 23.1 Å². The first kappa shape index (κ1) is 14.6. The molecule has 0 bridgehead atoms. The van der Waals surface area contributed by atoms with Crippen LogP contribution in [0.5, 0.6) is 11.5 Å². The van der Waals surface area contributed by atoms with E-state index in [1.807, 2.05) is 6.07 Å². The number of thioether (sulfide) groups is 1. The topological polar surface area (TPSA) is 62.3 Å². The Morgan fingerprint density at radius 2 is 2.33 bits per heavy atom. The number of aromatic hydroxyl groups is 1. The molecule has 0 aliphatic carbocycles. The molecule has 1 aliphatic heterocycles. The Morgan fingerprint density at radius 1 is 1.52 bits per heavy atom. The van der Waals surface area contributed by atoms with Gasteiger partial charge in [-0.1, -0.05) is 6.07 Å². The number of phenols is 1. The molecule has 2 aromatic rings. The number of methoxy groups -OCH3 is 1. The molecule has 1 aromatic carbocycles. The molecule has 0 fully saturated rings. The van der Waals surface area contributed by atoms with E-state index >= 15 is 0 Å². The first-order valence-corrected chi connectivity index (χ1v) is 8.53. The minimum Gasteiger partial charge on any atom is -0.504 e. The van der Waals surface area contributed by atoms with Gasteiger partial charge in [0.15, 0.2) is 15.5 Å². The van der Waals surface area contributed by atoms with Gasteiger partial charge in [0.1, 0.15) is 6.29 Å². The van der Waals surface area contributed by atoms with Gasteiger partial charge in [0.2, 0.25) is 0 Å². The second-order valence-corrected chi connectivity index (χ2v) is 7.48. The Labute approximate surface area is 135 Å². The molecule has 0 saturated heterocycles. The number of thiazole rings is 1. The van der Waals surface area contributed by atoms with Crippen molar-refractivity contribution in [2.45, 2.75) is 10.9 Å². The van der Waals surface area contributed by atoms with E-state index in [9.17, 15) is 9.90 Å². The van der Waals surface area contributed by atoms with Gasteiger partial charge in [0.05, 0.1) is 12.1 Å². The van der Waals surface area contributed by atoms with Crippen molar-refractivity contribution in [3.05, 3.63) is 32.6 Å². The molecule has 3 rings (SSSR count). The van der Waals surface area contributed by atoms with E-state index in [-0.39, 0.29) is 17.6 Å². The maximum absolute atomic E-state index is 11.4. The number of hydrogen-bond donors (Lipinski definition) is 2. The van der Waals surface area contributed by atoms with Crippen molar-refractivity contribution < 1.29 is 14.6 Å². The monoisotopic (exact) mass is 339 g/mol. The van der Waals surface area contributed by atoms with Gasteiger partial charge in [-0.25, -0.2) is 0 Å². The summed E-state index contributed by atoms with van der Waals surface area (Å²) in [6.07, 6.45) is 0.991. The third-order valence-corrected chi connectivity index (χ3v) is 6.12. The molecule has 0 spiro atoms. The normalized spacial score (nSPS) is 20.8. The summed E-state index contributed by atoms with van der Waals surface area (Å²) in [6.45, 7) is 0. The lowest BCUT2D eigenvalue weighted by molar-refractivity contribution is -0.110. The van der Waals surface area contributed by atoms with Crippen molar-refractivity contribution in [1.29, 1.82) is 0 Å². The molecule has 1 aromatic heterocycles. The van der Waals surface area contributed by atoms with Crippen molar-refractivity contribution >= 4 is 41.6 Å². The van der Waals surface area contributed by atoms with Crippen LogP contribution in [-0.4, -0.2) is 29.2 Å². The van der Waals surface area contributed by atoms with Gasteiger partial charge in [-0.3, -0.25) is 0 Å². The molecule has 0 amide bonds. The van der Waals surface area contributed by atoms with Crippen molar-refractivity contribution in [3.63, 3.8) is 0 Å². The molecule has 7 heteroatoms. The smallest absolute Gasteiger partial charge is 0.160 e. The minimum absolute atomic E-state index is 0.0755. The number of carbonyl (C=O) groups excluding carboxylic acids is 1. The highest BCUT2D eigenvalue weighted by Crippen LogP contribution is 2.46. The maximum Gasteiger partial charge on any atom is 0.160 e. The molecule has 110 valence electrons. The fourth-order valence-electron chi connectivity index (χ4n) is 2.53. The van der Waals surface area contributed by atoms with Crippen LogP contribution in [0.1, 0.15) is 16.4 Å². The second-order valence-electron chi connectivity index (χ2n) is 4.73. The second kappa shape index (κ2) is 5.82. The zero-order chi connectivity index (χ0) is 15.0. The third kappa shape index (κ3) is 2.61. The summed E-state index contributed by atoms with van der Waals surface area (Å²) in [4.78, 5) is 15.7. The largest absolute Gasteiger partial charge is 0.504 e. The Bertz CT molecular complexity index is 737. The number of rotatable bonds is 3. The van der Waals surface area contributed by atoms with Gasteiger partial charge in [0.25, 0.3) is 0 Å². The molecule has 2 N–H and O–H groups in total. The number of H-pyrrole nitrogens is 1. The highest BCUT2D eigenvalue weighted by Gasteiger charge is 2.33. The van der Waals surface area contributed by atoms with E-state index in [1.165, 1.54) is 18.4 Å². The number of fused-ring (bicyclic) bond motifs is 1. The SMILES string of the molecule is COc1ccc(C2c3sc(=S)[nH]c3SCC2C=O)cc1O. The maximum atomic E-state index is 11.4. The molecule has 2 unspecified atom stereocenters. The van der Waals surface area contributed by atoms with Crippen LogP contribution in [-0.2, 0) is 4.79 Å². The van der Waals surface area contributed by atoms with Gasteiger partial charge in [0, 0.05) is 22.5 Å². The quantitative estimate of drug-likeness (QED) is 0.661. The number of aldehydes is 1. The predicted molar refractivity (Wildman–Crippen MR) is 86.3 cm³/mol. The fraction of sp³-hybridized carbons (Fsp3) is 0.286. The molecule has 2 heterocycles. The Hall–Kier alpha value is -1.31. The zero-order valence-corrected chi connectivity index (χ0v) is 13.6. The first-order valence-electron chi connectivity index (χ1n) is 6.32. The molecule has 21 heavy (non-hydrogen) atoms. The van der Waals surface area contributed by atoms with Crippen molar-refractivity contribution in [1.82, 2.24) is 4.98 Å². The number of ether oxygens (including phenoxy) is 1. The van der Waals surface area contributed by atoms with E-state index in [0.29, 0.717) is 15.5 Å². The van der Waals surface area contributed by atoms with Gasteiger partial charge >= 0.3 is 0 Å². The predicted octanol–water partition coefficient (Wildman–Crippen LogP) is 3.57. The van der Waals surface area contributed by atoms with E-state index in [2.05, 4.69) is 4.98 Å². The Kier molecular flexibility index (Phi) is 4.05. The number of nitrogens with one attached hydrogen (secondary N) is 1. The van der Waals surface area contributed by atoms with E-state index in [1.54, 1.807) is 23.9 Å². The summed E-state index contributed by atoms with van der Waals surface area (Å²) < 4.78 is 5.78. The van der Waals surface area contributed by atoms with Gasteiger partial charge in [-0.05, 0) is 29.9 Å². The summed E-state index contributed by atoms with van der Waals surface area (Å²) in [5, 5.41) is 11.0. The molecule has 1 aliphatic rings. The van der Waals surface area contributed by atoms with Crippen LogP contribution in [0.4, 0.5) is 0 Å². The van der Waals surface area contributed by atoms with E-state index < -0.39 is 0 Å². The van der Waals surface area contributed by atoms with Gasteiger partial charge in [-0.2, -0.15) is 0 Å². The molecule has 4 nitrogen and oxygen atoms in total. The average molecular weight is 339 g/mol. The molecule has 2 atom stereocenters. The lowest BCUT2D eigenvalue weighted by Gasteiger charge is -2.27. The average Bonchev–Trinajstić information content (AvgIpc) is 2.86. The van der Waals surface area contributed by atoms with Crippen LogP contribution in [0.15, 0.2) is 23.2 Å². The number of hydrogen-bond acceptors (Lipinski definition) is 6. The van der Waals surface area contributed by atoms with Crippen molar-refractivity contribution in [3.8, 4) is 11.5 Å². The van der Waals surface area contributed by atoms with Crippen molar-refractivity contribution in [2.75, 3.05) is 12.9 Å². The Morgan fingerprint density at radius 3 is 3.00 bits per heavy atom. The summed E-state index contributed by atoms with van der Waals surface area (Å²) in [7, 11) is 1.51. The van der Waals surface area contributed by atoms with Crippen molar-refractivity contribution in [2.24, 2.45) is 5.92 Å². The molecule has 0 saturated carbocycles. The highest BCUT2D eigenvalue weighted by atomic mass is 32.2. The number of aromatic amines is 1. The van der Waals surface area contributed by atoms with E-state index in [4.69, 9.17) is 17.0 Å². The first-order chi connectivity index (χ1) is 10.1. The van der Waals surface area contributed by atoms with Crippen LogP contribution in [0, 0.1) is 9.87 Å². The van der Waals surface area contributed by atoms with Gasteiger partial charge < -0.3 is 19.6 Å². The highest BCUT2D eigenvalue weighted by molar-refractivity contribution is 7.99. The number of aromatic nitrogens is 1. The van der Waals surface area contributed by atoms with Crippen LogP contribution in [0.3, 0.4) is 0 Å². The summed E-state index contributed by atoms with van der Waals surface area (Å²) in [6, 6.07) is 5.28. The molecule has 0 radical (unpaired) electrons. The lowest BCUT2D eigenvalue weighted by Crippen LogP contribution is -2.21. The van der Waals surface area contributed by atoms with Crippen LogP contribution < -0.4 is 4.74 Å². The summed E-state index contributed by atoms with van der Waals surface area (Å²) in [5.41, 5.74) is 0.900. The number of phenolic OH excluding ortho intramolecular Hbond substituents is 1. The Balaban J connectivity index is 2.11. The molecular weight excluding hydrogens is 326 g/mol. The minimum atomic E-state index is -0.128.